The van der Waals surface area contributed by atoms with Gasteiger partial charge in [0.2, 0.25) is 11.6 Å². The van der Waals surface area contributed by atoms with E-state index in [1.807, 2.05) is 0 Å². The molecule has 0 bridgehead atoms. The molecule has 2 aromatic rings. The topological polar surface area (TPSA) is 112 Å². The molecule has 7 heteroatoms. The summed E-state index contributed by atoms with van der Waals surface area (Å²) in [6.07, 6.45) is 1.91. The lowest BCUT2D eigenvalue weighted by molar-refractivity contribution is 0.363. The number of aromatic nitrogens is 2. The van der Waals surface area contributed by atoms with Gasteiger partial charge in [-0.25, -0.2) is 0 Å². The van der Waals surface area contributed by atoms with Gasteiger partial charge in [0, 0.05) is 25.1 Å². The van der Waals surface area contributed by atoms with Crippen LogP contribution in [0.25, 0.3) is 0 Å². The molecular weight excluding hydrogens is 238 g/mol. The van der Waals surface area contributed by atoms with E-state index in [4.69, 9.17) is 9.63 Å². The summed E-state index contributed by atoms with van der Waals surface area (Å²) < 4.78 is 4.82. The summed E-state index contributed by atoms with van der Waals surface area (Å²) in [4.78, 5) is 3.86. The average Bonchev–Trinajstić information content (AvgIpc) is 2.87. The number of benzene rings is 1. The first-order valence-electron chi connectivity index (χ1n) is 5.37. The number of phenols is 3. The third-order valence-corrected chi connectivity index (χ3v) is 2.45. The molecule has 1 aromatic carbocycles. The largest absolute Gasteiger partial charge is 0.504 e. The monoisotopic (exact) mass is 251 g/mol. The zero-order chi connectivity index (χ0) is 13.0. The molecule has 0 atom stereocenters. The first-order valence-corrected chi connectivity index (χ1v) is 5.37. The second kappa shape index (κ2) is 5.37. The van der Waals surface area contributed by atoms with Gasteiger partial charge in [-0.1, -0.05) is 11.2 Å². The summed E-state index contributed by atoms with van der Waals surface area (Å²) in [6.45, 7) is 0.942. The lowest BCUT2D eigenvalue weighted by atomic mass is 10.1. The van der Waals surface area contributed by atoms with Crippen LogP contribution in [0.5, 0.6) is 17.2 Å². The van der Waals surface area contributed by atoms with Crippen LogP contribution in [0.4, 0.5) is 0 Å². The zero-order valence-corrected chi connectivity index (χ0v) is 9.50. The van der Waals surface area contributed by atoms with Crippen molar-refractivity contribution in [3.8, 4) is 17.2 Å². The van der Waals surface area contributed by atoms with E-state index < -0.39 is 5.75 Å². The van der Waals surface area contributed by atoms with Crippen molar-refractivity contribution in [2.24, 2.45) is 0 Å². The van der Waals surface area contributed by atoms with Crippen LogP contribution in [0.15, 0.2) is 23.0 Å². The van der Waals surface area contributed by atoms with E-state index in [0.717, 1.165) is 0 Å². The predicted molar refractivity (Wildman–Crippen MR) is 61.1 cm³/mol. The van der Waals surface area contributed by atoms with Crippen molar-refractivity contribution < 1.29 is 19.8 Å². The lowest BCUT2D eigenvalue weighted by Gasteiger charge is -2.08. The molecule has 0 aliphatic carbocycles. The Morgan fingerprint density at radius 2 is 2.00 bits per heavy atom. The highest BCUT2D eigenvalue weighted by Gasteiger charge is 2.10. The van der Waals surface area contributed by atoms with Gasteiger partial charge in [-0.15, -0.1) is 0 Å². The molecule has 0 fully saturated rings. The first-order chi connectivity index (χ1) is 8.68. The Morgan fingerprint density at radius 1 is 1.17 bits per heavy atom. The minimum absolute atomic E-state index is 0.319. The van der Waals surface area contributed by atoms with Gasteiger partial charge in [0.15, 0.2) is 17.8 Å². The Morgan fingerprint density at radius 3 is 2.72 bits per heavy atom. The van der Waals surface area contributed by atoms with E-state index in [-0.39, 0.29) is 11.5 Å². The van der Waals surface area contributed by atoms with Gasteiger partial charge >= 0.3 is 0 Å². The first kappa shape index (κ1) is 12.2. The quantitative estimate of drug-likeness (QED) is 0.452. The molecule has 96 valence electrons. The molecule has 1 heterocycles. The third kappa shape index (κ3) is 2.69. The van der Waals surface area contributed by atoms with Crippen molar-refractivity contribution in [2.75, 3.05) is 6.54 Å². The van der Waals surface area contributed by atoms with Crippen molar-refractivity contribution in [2.45, 2.75) is 13.0 Å². The minimum Gasteiger partial charge on any atom is -0.504 e. The molecule has 0 spiro atoms. The van der Waals surface area contributed by atoms with Gasteiger partial charge in [0.1, 0.15) is 0 Å². The standard InChI is InChI=1S/C11H13N3O4/c15-8-2-1-7(10(16)11(8)17)5-12-4-3-9-13-6-14-18-9/h1-2,6,12,15-17H,3-5H2. The normalized spacial score (nSPS) is 10.7. The molecule has 7 nitrogen and oxygen atoms in total. The number of nitrogens with zero attached hydrogens (tertiary/aromatic N) is 2. The van der Waals surface area contributed by atoms with Gasteiger partial charge in [-0.3, -0.25) is 0 Å². The molecule has 2 rings (SSSR count). The zero-order valence-electron chi connectivity index (χ0n) is 9.50. The number of hydrogen-bond acceptors (Lipinski definition) is 7. The summed E-state index contributed by atoms with van der Waals surface area (Å²) in [5.74, 6) is -0.645. The van der Waals surface area contributed by atoms with Crippen molar-refractivity contribution in [1.29, 1.82) is 0 Å². The maximum Gasteiger partial charge on any atom is 0.227 e. The lowest BCUT2D eigenvalue weighted by Crippen LogP contribution is -2.16. The van der Waals surface area contributed by atoms with E-state index in [0.29, 0.717) is 31.0 Å². The van der Waals surface area contributed by atoms with E-state index in [9.17, 15) is 10.2 Å². The predicted octanol–water partition coefficient (Wildman–Crippen LogP) is 0.519. The molecule has 4 N–H and O–H groups in total. The highest BCUT2D eigenvalue weighted by molar-refractivity contribution is 5.52. The minimum atomic E-state index is -0.508. The fourth-order valence-electron chi connectivity index (χ4n) is 1.48. The average molecular weight is 251 g/mol. The Bertz CT molecular complexity index is 513. The van der Waals surface area contributed by atoms with Crippen molar-refractivity contribution in [1.82, 2.24) is 15.5 Å². The molecule has 0 saturated heterocycles. The highest BCUT2D eigenvalue weighted by Crippen LogP contribution is 2.36. The summed E-state index contributed by atoms with van der Waals surface area (Å²) in [6, 6.07) is 2.86. The van der Waals surface area contributed by atoms with Crippen LogP contribution in [0, 0.1) is 0 Å². The molecule has 0 aliphatic rings. The number of hydrogen-bond donors (Lipinski definition) is 4. The third-order valence-electron chi connectivity index (χ3n) is 2.45. The fourth-order valence-corrected chi connectivity index (χ4v) is 1.48. The summed E-state index contributed by atoms with van der Waals surface area (Å²) in [7, 11) is 0. The van der Waals surface area contributed by atoms with Crippen molar-refractivity contribution in [3.63, 3.8) is 0 Å². The molecule has 0 amide bonds. The summed E-state index contributed by atoms with van der Waals surface area (Å²) >= 11 is 0. The molecular formula is C11H13N3O4. The van der Waals surface area contributed by atoms with Crippen molar-refractivity contribution >= 4 is 0 Å². The van der Waals surface area contributed by atoms with E-state index >= 15 is 0 Å². The maximum atomic E-state index is 9.57. The smallest absolute Gasteiger partial charge is 0.227 e. The van der Waals surface area contributed by atoms with Gasteiger partial charge in [-0.05, 0) is 6.07 Å². The van der Waals surface area contributed by atoms with Crippen LogP contribution in [0.1, 0.15) is 11.5 Å². The van der Waals surface area contributed by atoms with E-state index in [1.54, 1.807) is 0 Å². The number of phenolic OH excluding ortho intramolecular Hbond substituents is 3. The summed E-state index contributed by atoms with van der Waals surface area (Å²) in [5, 5.41) is 34.6. The van der Waals surface area contributed by atoms with Crippen LogP contribution in [0.3, 0.4) is 0 Å². The maximum absolute atomic E-state index is 9.57. The Balaban J connectivity index is 1.85. The van der Waals surface area contributed by atoms with Crippen LogP contribution in [-0.4, -0.2) is 32.0 Å². The second-order valence-electron chi connectivity index (χ2n) is 3.70. The van der Waals surface area contributed by atoms with Gasteiger partial charge in [0.05, 0.1) is 0 Å². The highest BCUT2D eigenvalue weighted by atomic mass is 16.5. The Labute approximate surface area is 103 Å². The van der Waals surface area contributed by atoms with Crippen LogP contribution in [0.2, 0.25) is 0 Å². The van der Waals surface area contributed by atoms with Crippen molar-refractivity contribution in [3.05, 3.63) is 29.9 Å². The Kier molecular flexibility index (Phi) is 3.63. The van der Waals surface area contributed by atoms with E-state index in [1.165, 1.54) is 18.5 Å². The molecule has 0 radical (unpaired) electrons. The second-order valence-corrected chi connectivity index (χ2v) is 3.70. The molecule has 0 unspecified atom stereocenters. The molecule has 18 heavy (non-hydrogen) atoms. The van der Waals surface area contributed by atoms with Gasteiger partial charge < -0.3 is 25.2 Å². The molecule has 0 aliphatic heterocycles. The number of aromatic hydroxyl groups is 3. The number of nitrogens with one attached hydrogen (secondary N) is 1. The van der Waals surface area contributed by atoms with Crippen LogP contribution in [-0.2, 0) is 13.0 Å². The number of rotatable bonds is 5. The Hall–Kier alpha value is -2.28. The van der Waals surface area contributed by atoms with Gasteiger partial charge in [0.25, 0.3) is 0 Å². The van der Waals surface area contributed by atoms with Crippen LogP contribution >= 0.6 is 0 Å². The fraction of sp³-hybridized carbons (Fsp3) is 0.273. The molecule has 1 aromatic heterocycles. The van der Waals surface area contributed by atoms with Crippen LogP contribution < -0.4 is 5.32 Å². The molecule has 0 saturated carbocycles. The SMILES string of the molecule is Oc1ccc(CNCCc2ncno2)c(O)c1O. The summed E-state index contributed by atoms with van der Waals surface area (Å²) in [5.41, 5.74) is 0.496. The van der Waals surface area contributed by atoms with Gasteiger partial charge in [-0.2, -0.15) is 4.98 Å². The van der Waals surface area contributed by atoms with E-state index in [2.05, 4.69) is 15.5 Å².